The third-order valence-corrected chi connectivity index (χ3v) is 3.08. The molecule has 1 aliphatic rings. The zero-order valence-electron chi connectivity index (χ0n) is 11.4. The molecular weight excluding hydrogens is 228 g/mol. The molecule has 1 saturated heterocycles. The fourth-order valence-corrected chi connectivity index (χ4v) is 1.99. The molecule has 0 spiro atoms. The Bertz CT molecular complexity index is 356. The van der Waals surface area contributed by atoms with Crippen LogP contribution in [0.5, 0.6) is 0 Å². The Morgan fingerprint density at radius 1 is 1.33 bits per heavy atom. The Labute approximate surface area is 109 Å². The predicted octanol–water partition coefficient (Wildman–Crippen LogP) is 3.24. The molecule has 0 aromatic rings. The average Bonchev–Trinajstić information content (AvgIpc) is 2.59. The molecule has 0 aromatic heterocycles. The molecule has 0 unspecified atom stereocenters. The van der Waals surface area contributed by atoms with Crippen LogP contribution in [-0.4, -0.2) is 17.9 Å². The fraction of sp³-hybridized carbons (Fsp3) is 0.533. The predicted molar refractivity (Wildman–Crippen MR) is 71.8 cm³/mol. The standard InChI is InChI=1S/C15H22O3/c1-7-10-15(11(8-2)9-3)12(16)17-13(18-15)14(4,5)6/h7-9,11,13H,1-3,10H2,4-6H3/t13-,15+/m1/s1. The third kappa shape index (κ3) is 2.41. The number of hydrogen-bond donors (Lipinski definition) is 0. The van der Waals surface area contributed by atoms with Gasteiger partial charge in [0.05, 0.1) is 0 Å². The number of cyclic esters (lactones) is 1. The van der Waals surface area contributed by atoms with E-state index in [1.807, 2.05) is 20.8 Å². The van der Waals surface area contributed by atoms with Crippen LogP contribution in [0, 0.1) is 11.3 Å². The van der Waals surface area contributed by atoms with E-state index < -0.39 is 11.9 Å². The number of carbonyl (C=O) groups is 1. The molecule has 0 radical (unpaired) electrons. The molecule has 18 heavy (non-hydrogen) atoms. The van der Waals surface area contributed by atoms with Crippen LogP contribution in [0.3, 0.4) is 0 Å². The van der Waals surface area contributed by atoms with Gasteiger partial charge in [-0.05, 0) is 0 Å². The molecule has 0 aliphatic carbocycles. The second-order valence-electron chi connectivity index (χ2n) is 5.60. The second-order valence-corrected chi connectivity index (χ2v) is 5.60. The van der Waals surface area contributed by atoms with Gasteiger partial charge in [0.25, 0.3) is 0 Å². The van der Waals surface area contributed by atoms with Gasteiger partial charge in [0, 0.05) is 17.8 Å². The summed E-state index contributed by atoms with van der Waals surface area (Å²) in [7, 11) is 0. The zero-order valence-corrected chi connectivity index (χ0v) is 11.4. The molecule has 0 saturated carbocycles. The number of esters is 1. The van der Waals surface area contributed by atoms with E-state index in [-0.39, 0.29) is 17.3 Å². The van der Waals surface area contributed by atoms with Crippen molar-refractivity contribution in [2.75, 3.05) is 0 Å². The van der Waals surface area contributed by atoms with E-state index in [0.29, 0.717) is 6.42 Å². The van der Waals surface area contributed by atoms with E-state index in [1.165, 1.54) is 0 Å². The summed E-state index contributed by atoms with van der Waals surface area (Å²) in [5, 5.41) is 0. The van der Waals surface area contributed by atoms with Gasteiger partial charge in [-0.2, -0.15) is 0 Å². The van der Waals surface area contributed by atoms with Gasteiger partial charge in [-0.25, -0.2) is 4.79 Å². The van der Waals surface area contributed by atoms with Crippen LogP contribution in [0.4, 0.5) is 0 Å². The SMILES string of the molecule is C=CC[C@@]1(C(C=C)C=C)O[C@H](C(C)(C)C)OC1=O. The van der Waals surface area contributed by atoms with E-state index >= 15 is 0 Å². The van der Waals surface area contributed by atoms with Crippen LogP contribution in [-0.2, 0) is 14.3 Å². The molecule has 0 bridgehead atoms. The lowest BCUT2D eigenvalue weighted by atomic mass is 9.84. The van der Waals surface area contributed by atoms with Crippen molar-refractivity contribution in [3.8, 4) is 0 Å². The fourth-order valence-electron chi connectivity index (χ4n) is 1.99. The van der Waals surface area contributed by atoms with E-state index in [9.17, 15) is 4.79 Å². The van der Waals surface area contributed by atoms with Crippen LogP contribution in [0.1, 0.15) is 27.2 Å². The van der Waals surface area contributed by atoms with Crippen molar-refractivity contribution in [3.05, 3.63) is 38.0 Å². The van der Waals surface area contributed by atoms with Crippen molar-refractivity contribution in [1.29, 1.82) is 0 Å². The highest BCUT2D eigenvalue weighted by atomic mass is 16.8. The minimum absolute atomic E-state index is 0.272. The number of carbonyl (C=O) groups excluding carboxylic acids is 1. The second kappa shape index (κ2) is 5.11. The summed E-state index contributed by atoms with van der Waals surface area (Å²) in [5.74, 6) is -0.664. The summed E-state index contributed by atoms with van der Waals surface area (Å²) >= 11 is 0. The minimum Gasteiger partial charge on any atom is -0.433 e. The lowest BCUT2D eigenvalue weighted by Crippen LogP contribution is -2.43. The lowest BCUT2D eigenvalue weighted by Gasteiger charge is -2.30. The quantitative estimate of drug-likeness (QED) is 0.555. The number of hydrogen-bond acceptors (Lipinski definition) is 3. The summed E-state index contributed by atoms with van der Waals surface area (Å²) in [5.41, 5.74) is -1.34. The summed E-state index contributed by atoms with van der Waals surface area (Å²) < 4.78 is 11.3. The molecule has 0 aromatic carbocycles. The van der Waals surface area contributed by atoms with Crippen LogP contribution in [0.2, 0.25) is 0 Å². The van der Waals surface area contributed by atoms with Crippen LogP contribution in [0.15, 0.2) is 38.0 Å². The summed E-state index contributed by atoms with van der Waals surface area (Å²) in [6.45, 7) is 17.0. The monoisotopic (exact) mass is 250 g/mol. The Morgan fingerprint density at radius 3 is 2.22 bits per heavy atom. The van der Waals surface area contributed by atoms with E-state index in [4.69, 9.17) is 9.47 Å². The molecule has 2 atom stereocenters. The van der Waals surface area contributed by atoms with Crippen molar-refractivity contribution in [3.63, 3.8) is 0 Å². The molecule has 3 heteroatoms. The summed E-state index contributed by atoms with van der Waals surface area (Å²) in [6.07, 6.45) is 4.78. The van der Waals surface area contributed by atoms with Gasteiger partial charge in [-0.1, -0.05) is 39.0 Å². The largest absolute Gasteiger partial charge is 0.433 e. The van der Waals surface area contributed by atoms with E-state index in [1.54, 1.807) is 18.2 Å². The van der Waals surface area contributed by atoms with Gasteiger partial charge in [-0.3, -0.25) is 0 Å². The molecule has 1 fully saturated rings. The first-order chi connectivity index (χ1) is 8.31. The minimum atomic E-state index is -1.07. The highest BCUT2D eigenvalue weighted by Crippen LogP contribution is 2.41. The van der Waals surface area contributed by atoms with Crippen molar-refractivity contribution in [2.45, 2.75) is 39.1 Å². The van der Waals surface area contributed by atoms with Crippen molar-refractivity contribution in [2.24, 2.45) is 11.3 Å². The maximum atomic E-state index is 12.2. The van der Waals surface area contributed by atoms with Crippen LogP contribution >= 0.6 is 0 Å². The van der Waals surface area contributed by atoms with Gasteiger partial charge in [0.15, 0.2) is 5.60 Å². The number of rotatable bonds is 5. The Morgan fingerprint density at radius 2 is 1.89 bits per heavy atom. The van der Waals surface area contributed by atoms with Gasteiger partial charge in [0.2, 0.25) is 6.29 Å². The Balaban J connectivity index is 3.13. The molecule has 0 N–H and O–H groups in total. The molecule has 0 amide bonds. The maximum Gasteiger partial charge on any atom is 0.342 e. The Hall–Kier alpha value is -1.35. The molecular formula is C15H22O3. The number of ether oxygens (including phenoxy) is 2. The maximum absolute atomic E-state index is 12.2. The average molecular weight is 250 g/mol. The van der Waals surface area contributed by atoms with Crippen molar-refractivity contribution < 1.29 is 14.3 Å². The summed E-state index contributed by atoms with van der Waals surface area (Å²) in [6, 6.07) is 0. The summed E-state index contributed by atoms with van der Waals surface area (Å²) in [4.78, 5) is 12.2. The lowest BCUT2D eigenvalue weighted by molar-refractivity contribution is -0.156. The van der Waals surface area contributed by atoms with Gasteiger partial charge in [-0.15, -0.1) is 19.7 Å². The molecule has 100 valence electrons. The first kappa shape index (κ1) is 14.7. The molecule has 3 nitrogen and oxygen atoms in total. The van der Waals surface area contributed by atoms with Crippen molar-refractivity contribution >= 4 is 5.97 Å². The van der Waals surface area contributed by atoms with Crippen LogP contribution in [0.25, 0.3) is 0 Å². The zero-order chi connectivity index (χ0) is 14.0. The first-order valence-electron chi connectivity index (χ1n) is 6.06. The molecule has 1 aliphatic heterocycles. The van der Waals surface area contributed by atoms with Gasteiger partial charge >= 0.3 is 5.97 Å². The van der Waals surface area contributed by atoms with Gasteiger partial charge in [0.1, 0.15) is 0 Å². The van der Waals surface area contributed by atoms with E-state index in [2.05, 4.69) is 19.7 Å². The van der Waals surface area contributed by atoms with Crippen LogP contribution < -0.4 is 0 Å². The highest BCUT2D eigenvalue weighted by Gasteiger charge is 2.55. The topological polar surface area (TPSA) is 35.5 Å². The van der Waals surface area contributed by atoms with Gasteiger partial charge < -0.3 is 9.47 Å². The van der Waals surface area contributed by atoms with E-state index in [0.717, 1.165) is 0 Å². The highest BCUT2D eigenvalue weighted by molar-refractivity contribution is 5.82. The Kier molecular flexibility index (Phi) is 4.17. The molecule has 1 heterocycles. The molecule has 1 rings (SSSR count). The van der Waals surface area contributed by atoms with Crippen molar-refractivity contribution in [1.82, 2.24) is 0 Å². The third-order valence-electron chi connectivity index (χ3n) is 3.08. The first-order valence-corrected chi connectivity index (χ1v) is 6.06. The normalized spacial score (nSPS) is 28.0. The smallest absolute Gasteiger partial charge is 0.342 e.